The summed E-state index contributed by atoms with van der Waals surface area (Å²) in [6, 6.07) is 12.2. The average Bonchev–Trinajstić information content (AvgIpc) is 3.32. The third-order valence-electron chi connectivity index (χ3n) is 9.03. The SMILES string of the molecule is CCCCn1cc(C(=O)N(CC)CC)c2cccc(C(C)C(c3ccc(C(=O)O)cc3C)C3CCCCC3)c21. The molecule has 1 heterocycles. The van der Waals surface area contributed by atoms with E-state index < -0.39 is 5.97 Å². The first kappa shape index (κ1) is 28.9. The molecular formula is C34H46N2O3. The summed E-state index contributed by atoms with van der Waals surface area (Å²) in [5.41, 5.74) is 5.95. The highest BCUT2D eigenvalue weighted by atomic mass is 16.4. The molecule has 4 rings (SSSR count). The zero-order valence-corrected chi connectivity index (χ0v) is 24.5. The Morgan fingerprint density at radius 1 is 1.03 bits per heavy atom. The topological polar surface area (TPSA) is 62.5 Å². The second-order valence-electron chi connectivity index (χ2n) is 11.4. The van der Waals surface area contributed by atoms with Crippen LogP contribution in [-0.4, -0.2) is 39.5 Å². The summed E-state index contributed by atoms with van der Waals surface area (Å²) in [4.78, 5) is 27.2. The fourth-order valence-corrected chi connectivity index (χ4v) is 6.91. The molecule has 1 fully saturated rings. The van der Waals surface area contributed by atoms with Crippen molar-refractivity contribution in [1.82, 2.24) is 9.47 Å². The molecule has 1 aromatic heterocycles. The highest BCUT2D eigenvalue weighted by Crippen LogP contribution is 2.47. The van der Waals surface area contributed by atoms with Crippen LogP contribution in [0.2, 0.25) is 0 Å². The number of benzene rings is 2. The summed E-state index contributed by atoms with van der Waals surface area (Å²) in [6.45, 7) is 13.0. The Labute approximate surface area is 234 Å². The first-order valence-corrected chi connectivity index (χ1v) is 15.1. The van der Waals surface area contributed by atoms with Gasteiger partial charge in [0, 0.05) is 31.2 Å². The number of carboxylic acid groups (broad SMARTS) is 1. The lowest BCUT2D eigenvalue weighted by Crippen LogP contribution is -2.30. The molecular weight excluding hydrogens is 484 g/mol. The fourth-order valence-electron chi connectivity index (χ4n) is 6.91. The van der Waals surface area contributed by atoms with Gasteiger partial charge in [0.15, 0.2) is 0 Å². The Balaban J connectivity index is 1.88. The molecule has 1 saturated carbocycles. The van der Waals surface area contributed by atoms with Crippen LogP contribution in [0.5, 0.6) is 0 Å². The number of hydrogen-bond acceptors (Lipinski definition) is 2. The molecule has 39 heavy (non-hydrogen) atoms. The van der Waals surface area contributed by atoms with Gasteiger partial charge in [0.25, 0.3) is 5.91 Å². The minimum Gasteiger partial charge on any atom is -0.478 e. The highest BCUT2D eigenvalue weighted by molar-refractivity contribution is 6.07. The molecule has 0 saturated heterocycles. The maximum atomic E-state index is 13.6. The molecule has 0 bridgehead atoms. The van der Waals surface area contributed by atoms with E-state index in [1.165, 1.54) is 48.7 Å². The van der Waals surface area contributed by atoms with Gasteiger partial charge < -0.3 is 14.6 Å². The number of carboxylic acids is 1. The zero-order chi connectivity index (χ0) is 28.1. The molecule has 0 radical (unpaired) electrons. The average molecular weight is 531 g/mol. The Morgan fingerprint density at radius 3 is 2.36 bits per heavy atom. The van der Waals surface area contributed by atoms with Crippen LogP contribution in [0, 0.1) is 12.8 Å². The lowest BCUT2D eigenvalue weighted by molar-refractivity contribution is 0.0695. The van der Waals surface area contributed by atoms with Crippen LogP contribution < -0.4 is 0 Å². The largest absolute Gasteiger partial charge is 0.478 e. The van der Waals surface area contributed by atoms with Gasteiger partial charge in [0.2, 0.25) is 0 Å². The molecule has 3 aromatic rings. The molecule has 2 aromatic carbocycles. The van der Waals surface area contributed by atoms with Gasteiger partial charge in [-0.05, 0) is 86.6 Å². The van der Waals surface area contributed by atoms with E-state index in [9.17, 15) is 14.7 Å². The van der Waals surface area contributed by atoms with Crippen molar-refractivity contribution in [2.75, 3.05) is 13.1 Å². The number of aromatic nitrogens is 1. The third kappa shape index (κ3) is 5.92. The van der Waals surface area contributed by atoms with E-state index in [0.717, 1.165) is 35.9 Å². The number of rotatable bonds is 11. The van der Waals surface area contributed by atoms with Crippen LogP contribution in [0.1, 0.15) is 122 Å². The maximum absolute atomic E-state index is 13.6. The molecule has 5 heteroatoms. The molecule has 0 spiro atoms. The molecule has 5 nitrogen and oxygen atoms in total. The molecule has 210 valence electrons. The summed E-state index contributed by atoms with van der Waals surface area (Å²) in [6.07, 6.45) is 10.4. The van der Waals surface area contributed by atoms with Crippen LogP contribution in [0.15, 0.2) is 42.6 Å². The molecule has 1 N–H and O–H groups in total. The van der Waals surface area contributed by atoms with Gasteiger partial charge in [-0.3, -0.25) is 4.79 Å². The Hall–Kier alpha value is -3.08. The smallest absolute Gasteiger partial charge is 0.335 e. The van der Waals surface area contributed by atoms with E-state index in [-0.39, 0.29) is 17.7 Å². The molecule has 2 atom stereocenters. The first-order valence-electron chi connectivity index (χ1n) is 15.1. The lowest BCUT2D eigenvalue weighted by Gasteiger charge is -2.36. The van der Waals surface area contributed by atoms with Gasteiger partial charge >= 0.3 is 5.97 Å². The van der Waals surface area contributed by atoms with Crippen molar-refractivity contribution in [3.8, 4) is 0 Å². The van der Waals surface area contributed by atoms with E-state index >= 15 is 0 Å². The van der Waals surface area contributed by atoms with E-state index in [0.29, 0.717) is 24.6 Å². The standard InChI is InChI=1S/C34H46N2O3/c1-6-9-20-36-22-30(33(37)35(7-2)8-3)29-17-13-16-28(32(29)36)24(5)31(25-14-11-10-12-15-25)27-19-18-26(34(38)39)21-23(27)4/h13,16-19,21-22,24-25,31H,6-12,14-15,20H2,1-5H3,(H,38,39). The Kier molecular flexibility index (Phi) is 9.53. The first-order chi connectivity index (χ1) is 18.8. The highest BCUT2D eigenvalue weighted by Gasteiger charge is 2.33. The van der Waals surface area contributed by atoms with Crippen molar-refractivity contribution in [1.29, 1.82) is 0 Å². The predicted octanol–water partition coefficient (Wildman–Crippen LogP) is 8.40. The third-order valence-corrected chi connectivity index (χ3v) is 9.03. The summed E-state index contributed by atoms with van der Waals surface area (Å²) >= 11 is 0. The molecule has 1 aliphatic rings. The van der Waals surface area contributed by atoms with E-state index in [1.54, 1.807) is 6.07 Å². The monoisotopic (exact) mass is 530 g/mol. The zero-order valence-electron chi connectivity index (χ0n) is 24.5. The minimum atomic E-state index is -0.879. The van der Waals surface area contributed by atoms with Crippen molar-refractivity contribution in [3.05, 3.63) is 70.4 Å². The van der Waals surface area contributed by atoms with Gasteiger partial charge in [0.05, 0.1) is 16.6 Å². The van der Waals surface area contributed by atoms with Crippen molar-refractivity contribution >= 4 is 22.8 Å². The van der Waals surface area contributed by atoms with Crippen LogP contribution in [0.25, 0.3) is 10.9 Å². The molecule has 0 aliphatic heterocycles. The Bertz CT molecular complexity index is 1300. The second-order valence-corrected chi connectivity index (χ2v) is 11.4. The number of unbranched alkanes of at least 4 members (excludes halogenated alkanes) is 1. The predicted molar refractivity (Wildman–Crippen MR) is 160 cm³/mol. The number of fused-ring (bicyclic) bond motifs is 1. The van der Waals surface area contributed by atoms with Crippen molar-refractivity contribution in [2.45, 2.75) is 97.9 Å². The summed E-state index contributed by atoms with van der Waals surface area (Å²) in [5, 5.41) is 10.6. The van der Waals surface area contributed by atoms with Gasteiger partial charge in [-0.1, -0.05) is 63.8 Å². The second kappa shape index (κ2) is 12.8. The van der Waals surface area contributed by atoms with Gasteiger partial charge in [-0.2, -0.15) is 0 Å². The lowest BCUT2D eigenvalue weighted by atomic mass is 9.68. The number of carbonyl (C=O) groups excluding carboxylic acids is 1. The molecule has 2 unspecified atom stereocenters. The van der Waals surface area contributed by atoms with Crippen molar-refractivity contribution < 1.29 is 14.7 Å². The maximum Gasteiger partial charge on any atom is 0.335 e. The van der Waals surface area contributed by atoms with Crippen molar-refractivity contribution in [3.63, 3.8) is 0 Å². The summed E-state index contributed by atoms with van der Waals surface area (Å²) < 4.78 is 2.33. The van der Waals surface area contributed by atoms with Crippen LogP contribution in [0.3, 0.4) is 0 Å². The summed E-state index contributed by atoms with van der Waals surface area (Å²) in [7, 11) is 0. The number of para-hydroxylation sites is 1. The van der Waals surface area contributed by atoms with Crippen LogP contribution in [-0.2, 0) is 6.54 Å². The van der Waals surface area contributed by atoms with E-state index in [2.05, 4.69) is 55.8 Å². The van der Waals surface area contributed by atoms with Gasteiger partial charge in [-0.15, -0.1) is 0 Å². The number of nitrogens with zero attached hydrogens (tertiary/aromatic N) is 2. The normalized spacial score (nSPS) is 15.8. The number of carbonyl (C=O) groups is 2. The van der Waals surface area contributed by atoms with Crippen LogP contribution >= 0.6 is 0 Å². The van der Waals surface area contributed by atoms with Gasteiger partial charge in [-0.25, -0.2) is 4.79 Å². The number of aryl methyl sites for hydroxylation is 2. The van der Waals surface area contributed by atoms with E-state index in [1.807, 2.05) is 24.8 Å². The molecule has 1 aliphatic carbocycles. The molecule has 1 amide bonds. The van der Waals surface area contributed by atoms with E-state index in [4.69, 9.17) is 0 Å². The number of aromatic carboxylic acids is 1. The number of amides is 1. The fraction of sp³-hybridized carbons (Fsp3) is 0.529. The Morgan fingerprint density at radius 2 is 1.74 bits per heavy atom. The van der Waals surface area contributed by atoms with Crippen LogP contribution in [0.4, 0.5) is 0 Å². The quantitative estimate of drug-likeness (QED) is 0.271. The summed E-state index contributed by atoms with van der Waals surface area (Å²) in [5.74, 6) is 0.284. The number of hydrogen-bond donors (Lipinski definition) is 1. The van der Waals surface area contributed by atoms with Gasteiger partial charge in [0.1, 0.15) is 0 Å². The van der Waals surface area contributed by atoms with Crippen molar-refractivity contribution in [2.24, 2.45) is 5.92 Å². The minimum absolute atomic E-state index is 0.106.